The van der Waals surface area contributed by atoms with Gasteiger partial charge < -0.3 is 29.7 Å². The van der Waals surface area contributed by atoms with Gasteiger partial charge in [0, 0.05) is 23.5 Å². The van der Waals surface area contributed by atoms with Crippen LogP contribution in [0.1, 0.15) is 40.0 Å². The number of aromatic nitrogens is 2. The second-order valence-electron chi connectivity index (χ2n) is 9.93. The number of rotatable bonds is 11. The van der Waals surface area contributed by atoms with E-state index in [2.05, 4.69) is 34.2 Å². The van der Waals surface area contributed by atoms with Crippen LogP contribution in [-0.2, 0) is 62.6 Å². The minimum atomic E-state index is -1.80. The number of pyridine rings is 2. The van der Waals surface area contributed by atoms with Crippen molar-refractivity contribution in [3.63, 3.8) is 0 Å². The maximum absolute atomic E-state index is 10.1. The maximum atomic E-state index is 10.1. The summed E-state index contributed by atoms with van der Waals surface area (Å²) in [6.07, 6.45) is 1.91. The van der Waals surface area contributed by atoms with Crippen molar-refractivity contribution >= 4 is 52.6 Å². The minimum Gasteiger partial charge on any atom is -0.542 e. The molecule has 0 unspecified atom stereocenters. The van der Waals surface area contributed by atoms with Gasteiger partial charge in [-0.2, -0.15) is 0 Å². The molecule has 0 spiro atoms. The fourth-order valence-electron chi connectivity index (χ4n) is 3.18. The Morgan fingerprint density at radius 3 is 0.846 bits per heavy atom. The van der Waals surface area contributed by atoms with Gasteiger partial charge in [-0.25, -0.2) is 0 Å². The molecule has 0 saturated heterocycles. The topological polar surface area (TPSA) is 249 Å². The summed E-state index contributed by atoms with van der Waals surface area (Å²) in [5.41, 5.74) is 4.38. The molecule has 0 saturated carbocycles. The molecule has 4 aromatic rings. The first-order valence-electron chi connectivity index (χ1n) is 14.7. The molecular formula is C37H33N2O12Ru. The van der Waals surface area contributed by atoms with E-state index in [1.165, 1.54) is 0 Å². The number of carboxylic acid groups (broad SMARTS) is 3. The Labute approximate surface area is 311 Å². The van der Waals surface area contributed by atoms with Crippen molar-refractivity contribution < 1.29 is 77.9 Å². The van der Waals surface area contributed by atoms with Crippen molar-refractivity contribution in [3.05, 3.63) is 109 Å². The zero-order chi connectivity index (χ0) is 38.8. The van der Waals surface area contributed by atoms with Gasteiger partial charge in [0.15, 0.2) is 17.3 Å². The number of Topliss-reactive ketones (excluding diaryl/α,β-unsaturated/α-hetero) is 6. The summed E-state index contributed by atoms with van der Waals surface area (Å²) in [5, 5.41) is 28.9. The van der Waals surface area contributed by atoms with Gasteiger partial charge >= 0.3 is 19.5 Å². The molecule has 0 aliphatic heterocycles. The summed E-state index contributed by atoms with van der Waals surface area (Å²) in [6, 6.07) is 32.2. The molecule has 0 aliphatic carbocycles. The van der Waals surface area contributed by atoms with Crippen molar-refractivity contribution in [1.29, 1.82) is 0 Å². The Morgan fingerprint density at radius 1 is 0.423 bits per heavy atom. The van der Waals surface area contributed by atoms with Crippen molar-refractivity contribution in [1.82, 2.24) is 9.97 Å². The Hall–Kier alpha value is -6.21. The minimum absolute atomic E-state index is 0. The average Bonchev–Trinajstić information content (AvgIpc) is 3.10. The summed E-state index contributed by atoms with van der Waals surface area (Å²) < 4.78 is 0. The predicted octanol–water partition coefficient (Wildman–Crippen LogP) is 0.348. The fourth-order valence-corrected chi connectivity index (χ4v) is 3.18. The first-order chi connectivity index (χ1) is 24.0. The predicted molar refractivity (Wildman–Crippen MR) is 175 cm³/mol. The van der Waals surface area contributed by atoms with Gasteiger partial charge in [0.2, 0.25) is 0 Å². The van der Waals surface area contributed by atoms with Gasteiger partial charge in [0.25, 0.3) is 0 Å². The zero-order valence-corrected chi connectivity index (χ0v) is 29.9. The monoisotopic (exact) mass is 799 g/mol. The molecule has 1 radical (unpaired) electrons. The van der Waals surface area contributed by atoms with Crippen LogP contribution in [0.4, 0.5) is 0 Å². The summed E-state index contributed by atoms with van der Waals surface area (Å²) in [5.74, 6) is -10.3. The van der Waals surface area contributed by atoms with Crippen LogP contribution in [0.2, 0.25) is 0 Å². The van der Waals surface area contributed by atoms with Crippen molar-refractivity contribution in [2.24, 2.45) is 0 Å². The van der Waals surface area contributed by atoms with Crippen molar-refractivity contribution in [3.8, 4) is 22.5 Å². The Bertz CT molecular complexity index is 1530. The van der Waals surface area contributed by atoms with Gasteiger partial charge in [-0.3, -0.25) is 38.7 Å². The first kappa shape index (κ1) is 47.9. The second kappa shape index (κ2) is 27.6. The summed E-state index contributed by atoms with van der Waals surface area (Å²) in [6.45, 7) is 3.42. The summed E-state index contributed by atoms with van der Waals surface area (Å²) in [7, 11) is 0. The molecule has 0 amide bonds. The maximum Gasteiger partial charge on any atom is 3.00 e. The van der Waals surface area contributed by atoms with Crippen LogP contribution in [0.25, 0.3) is 22.5 Å². The quantitative estimate of drug-likeness (QED) is 0.113. The fraction of sp³-hybridized carbons (Fsp3) is 0.162. The first-order valence-corrected chi connectivity index (χ1v) is 14.7. The molecule has 2 heterocycles. The van der Waals surface area contributed by atoms with Crippen LogP contribution in [0.15, 0.2) is 109 Å². The van der Waals surface area contributed by atoms with Crippen LogP contribution < -0.4 is 15.3 Å². The molecule has 0 atom stereocenters. The molecule has 0 fully saturated rings. The number of benzene rings is 2. The molecule has 4 rings (SSSR count). The number of carbonyl (C=O) groups is 9. The molecule has 2 aromatic carbocycles. The summed E-state index contributed by atoms with van der Waals surface area (Å²) in [4.78, 5) is 97.7. The SMILES string of the molecule is CC(=O)CC(=O)C(=O)[O-].CC(=O)CC(=O)C(=O)[O-].CC(=O)CC(=O)C(=O)[O-].[Ru+3].c1ccc(-c2ccccn2)cc1.c1ccc(-c2ccccn2)cc1. The van der Waals surface area contributed by atoms with Crippen molar-refractivity contribution in [2.45, 2.75) is 40.0 Å². The van der Waals surface area contributed by atoms with E-state index < -0.39 is 71.9 Å². The zero-order valence-electron chi connectivity index (χ0n) is 28.2. The third kappa shape index (κ3) is 24.0. The molecule has 15 heteroatoms. The molecule has 271 valence electrons. The number of hydrogen-bond donors (Lipinski definition) is 0. The largest absolute Gasteiger partial charge is 3.00 e. The normalized spacial score (nSPS) is 8.90. The number of aliphatic carboxylic acids is 3. The molecule has 52 heavy (non-hydrogen) atoms. The third-order valence-electron chi connectivity index (χ3n) is 5.38. The smallest absolute Gasteiger partial charge is 0.542 e. The van der Waals surface area contributed by atoms with Crippen LogP contribution in [0.3, 0.4) is 0 Å². The van der Waals surface area contributed by atoms with E-state index in [1.54, 1.807) is 0 Å². The Kier molecular flexibility index (Phi) is 25.4. The van der Waals surface area contributed by atoms with Crippen molar-refractivity contribution in [2.75, 3.05) is 0 Å². The number of hydrogen-bond acceptors (Lipinski definition) is 14. The van der Waals surface area contributed by atoms with E-state index in [4.69, 9.17) is 0 Å². The van der Waals surface area contributed by atoms with Crippen LogP contribution in [0, 0.1) is 0 Å². The average molecular weight is 799 g/mol. The number of ketones is 6. The van der Waals surface area contributed by atoms with Crippen LogP contribution in [-0.4, -0.2) is 62.6 Å². The molecular weight excluding hydrogens is 765 g/mol. The van der Waals surface area contributed by atoms with Gasteiger partial charge in [0.05, 0.1) is 30.7 Å². The summed E-state index contributed by atoms with van der Waals surface area (Å²) >= 11 is 0. The van der Waals surface area contributed by atoms with E-state index in [9.17, 15) is 58.5 Å². The standard InChI is InChI=1S/2C11H9N.3C5H6O4.Ru/c2*1-2-6-10(7-3-1)11-8-4-5-9-12-11;3*1-3(6)2-4(7)5(8)9;/h2*1-9H;3*2H2,1H3,(H,8,9);/q;;;;;+3/p-3. The molecule has 14 nitrogen and oxygen atoms in total. The van der Waals surface area contributed by atoms with Gasteiger partial charge in [0.1, 0.15) is 35.3 Å². The third-order valence-corrected chi connectivity index (χ3v) is 5.38. The van der Waals surface area contributed by atoms with E-state index >= 15 is 0 Å². The molecule has 2 aromatic heterocycles. The van der Waals surface area contributed by atoms with E-state index in [0.29, 0.717) is 0 Å². The van der Waals surface area contributed by atoms with Gasteiger partial charge in [-0.1, -0.05) is 72.8 Å². The molecule has 0 aliphatic rings. The van der Waals surface area contributed by atoms with Crippen LogP contribution in [0.5, 0.6) is 0 Å². The number of carbonyl (C=O) groups excluding carboxylic acids is 9. The molecule has 0 N–H and O–H groups in total. The molecule has 0 bridgehead atoms. The van der Waals surface area contributed by atoms with E-state index in [1.807, 2.05) is 85.2 Å². The Morgan fingerprint density at radius 2 is 0.673 bits per heavy atom. The van der Waals surface area contributed by atoms with Gasteiger partial charge in [-0.15, -0.1) is 0 Å². The second-order valence-corrected chi connectivity index (χ2v) is 9.93. The van der Waals surface area contributed by atoms with Gasteiger partial charge in [-0.05, 0) is 45.0 Å². The Balaban J connectivity index is 0. The number of nitrogens with zero attached hydrogens (tertiary/aromatic N) is 2. The number of carboxylic acids is 3. The van der Waals surface area contributed by atoms with E-state index in [0.717, 1.165) is 43.3 Å². The van der Waals surface area contributed by atoms with Crippen LogP contribution >= 0.6 is 0 Å². The van der Waals surface area contributed by atoms with E-state index in [-0.39, 0.29) is 19.5 Å².